The molecule has 2 N–H and O–H groups in total. The van der Waals surface area contributed by atoms with Gasteiger partial charge in [-0.15, -0.1) is 0 Å². The predicted molar refractivity (Wildman–Crippen MR) is 62.4 cm³/mol. The maximum Gasteiger partial charge on any atom is 0.239 e. The van der Waals surface area contributed by atoms with E-state index in [9.17, 15) is 13.2 Å². The van der Waals surface area contributed by atoms with E-state index < -0.39 is 21.3 Å². The minimum absolute atomic E-state index is 0.183. The van der Waals surface area contributed by atoms with Gasteiger partial charge in [0, 0.05) is 5.41 Å². The number of amides is 1. The Morgan fingerprint density at radius 3 is 2.50 bits per heavy atom. The monoisotopic (exact) mass is 248 g/mol. The van der Waals surface area contributed by atoms with Gasteiger partial charge in [-0.1, -0.05) is 13.8 Å². The number of carbonyl (C=O) groups is 1. The number of sulfonamides is 1. The molecule has 0 spiro atoms. The standard InChI is InChI=1S/C10H20N2O3S/c1-10(2,8-5-4-6-11-7-8)9(13)12-16(3,14)15/h8,11H,4-7H2,1-3H3,(H,12,13). The van der Waals surface area contributed by atoms with Gasteiger partial charge in [0.15, 0.2) is 0 Å². The second-order valence-corrected chi connectivity index (χ2v) is 6.72. The van der Waals surface area contributed by atoms with Crippen LogP contribution in [0.4, 0.5) is 0 Å². The number of rotatable bonds is 3. The molecule has 1 fully saturated rings. The molecule has 0 aliphatic carbocycles. The molecule has 1 atom stereocenters. The number of hydrogen-bond acceptors (Lipinski definition) is 4. The first kappa shape index (κ1) is 13.4. The number of carbonyl (C=O) groups excluding carboxylic acids is 1. The molecule has 94 valence electrons. The van der Waals surface area contributed by atoms with E-state index in [1.165, 1.54) is 0 Å². The van der Waals surface area contributed by atoms with Crippen LogP contribution >= 0.6 is 0 Å². The molecule has 5 nitrogen and oxygen atoms in total. The summed E-state index contributed by atoms with van der Waals surface area (Å²) >= 11 is 0. The van der Waals surface area contributed by atoms with Crippen molar-refractivity contribution in [3.05, 3.63) is 0 Å². The van der Waals surface area contributed by atoms with E-state index in [0.717, 1.165) is 32.2 Å². The lowest BCUT2D eigenvalue weighted by molar-refractivity contribution is -0.130. The van der Waals surface area contributed by atoms with E-state index in [1.807, 2.05) is 0 Å². The summed E-state index contributed by atoms with van der Waals surface area (Å²) in [7, 11) is -3.47. The largest absolute Gasteiger partial charge is 0.316 e. The Kier molecular flexibility index (Phi) is 3.96. The zero-order chi connectivity index (χ0) is 12.4. The van der Waals surface area contributed by atoms with E-state index in [0.29, 0.717) is 0 Å². The summed E-state index contributed by atoms with van der Waals surface area (Å²) in [6.45, 7) is 5.33. The molecule has 1 amide bonds. The highest BCUT2D eigenvalue weighted by Crippen LogP contribution is 2.31. The van der Waals surface area contributed by atoms with Crippen molar-refractivity contribution in [3.8, 4) is 0 Å². The number of hydrogen-bond donors (Lipinski definition) is 2. The van der Waals surface area contributed by atoms with Crippen LogP contribution in [-0.4, -0.2) is 33.7 Å². The molecule has 0 aromatic rings. The van der Waals surface area contributed by atoms with Crippen molar-refractivity contribution in [1.82, 2.24) is 10.0 Å². The zero-order valence-corrected chi connectivity index (χ0v) is 10.9. The Morgan fingerprint density at radius 2 is 2.06 bits per heavy atom. The maximum atomic E-state index is 11.9. The van der Waals surface area contributed by atoms with Crippen molar-refractivity contribution in [2.75, 3.05) is 19.3 Å². The minimum atomic E-state index is -3.47. The molecule has 1 saturated heterocycles. The second-order valence-electron chi connectivity index (χ2n) is 4.97. The van der Waals surface area contributed by atoms with Gasteiger partial charge >= 0.3 is 0 Å². The van der Waals surface area contributed by atoms with Gasteiger partial charge in [0.25, 0.3) is 0 Å². The Hall–Kier alpha value is -0.620. The average molecular weight is 248 g/mol. The maximum absolute atomic E-state index is 11.9. The van der Waals surface area contributed by atoms with E-state index in [2.05, 4.69) is 10.0 Å². The molecule has 1 aliphatic rings. The van der Waals surface area contributed by atoms with Gasteiger partial charge in [-0.3, -0.25) is 9.52 Å². The molecular weight excluding hydrogens is 228 g/mol. The highest BCUT2D eigenvalue weighted by atomic mass is 32.2. The van der Waals surface area contributed by atoms with Gasteiger partial charge in [-0.25, -0.2) is 8.42 Å². The lowest BCUT2D eigenvalue weighted by Crippen LogP contribution is -2.48. The molecular formula is C10H20N2O3S. The van der Waals surface area contributed by atoms with Crippen molar-refractivity contribution < 1.29 is 13.2 Å². The highest BCUT2D eigenvalue weighted by molar-refractivity contribution is 7.89. The fourth-order valence-corrected chi connectivity index (χ4v) is 2.55. The summed E-state index contributed by atoms with van der Waals surface area (Å²) in [6, 6.07) is 0. The molecule has 1 unspecified atom stereocenters. The van der Waals surface area contributed by atoms with Crippen LogP contribution in [0.3, 0.4) is 0 Å². The van der Waals surface area contributed by atoms with Crippen molar-refractivity contribution in [2.24, 2.45) is 11.3 Å². The van der Waals surface area contributed by atoms with Crippen LogP contribution in [0.5, 0.6) is 0 Å². The van der Waals surface area contributed by atoms with Crippen molar-refractivity contribution in [1.29, 1.82) is 0 Å². The number of nitrogens with one attached hydrogen (secondary N) is 2. The summed E-state index contributed by atoms with van der Waals surface area (Å²) in [5.74, 6) is -0.230. The Labute approximate surface area is 97.0 Å². The van der Waals surface area contributed by atoms with Crippen LogP contribution in [0, 0.1) is 11.3 Å². The molecule has 0 saturated carbocycles. The third kappa shape index (κ3) is 3.45. The summed E-state index contributed by atoms with van der Waals surface area (Å²) in [6.07, 6.45) is 2.98. The lowest BCUT2D eigenvalue weighted by Gasteiger charge is -2.35. The van der Waals surface area contributed by atoms with Gasteiger partial charge in [-0.05, 0) is 31.8 Å². The first-order valence-corrected chi connectivity index (χ1v) is 7.35. The molecule has 16 heavy (non-hydrogen) atoms. The molecule has 0 bridgehead atoms. The van der Waals surface area contributed by atoms with E-state index >= 15 is 0 Å². The Morgan fingerprint density at radius 1 is 1.44 bits per heavy atom. The molecule has 0 aromatic carbocycles. The normalized spacial score (nSPS) is 22.8. The van der Waals surface area contributed by atoms with E-state index in [-0.39, 0.29) is 5.92 Å². The SMILES string of the molecule is CC(C)(C(=O)NS(C)(=O)=O)C1CCCNC1. The Bertz CT molecular complexity index is 356. The molecule has 1 heterocycles. The number of piperidine rings is 1. The lowest BCUT2D eigenvalue weighted by atomic mass is 9.74. The zero-order valence-electron chi connectivity index (χ0n) is 10.0. The summed E-state index contributed by atoms with van der Waals surface area (Å²) in [4.78, 5) is 11.9. The van der Waals surface area contributed by atoms with Crippen molar-refractivity contribution in [2.45, 2.75) is 26.7 Å². The summed E-state index contributed by atoms with van der Waals surface area (Å²) < 4.78 is 24.1. The van der Waals surface area contributed by atoms with E-state index in [1.54, 1.807) is 13.8 Å². The van der Waals surface area contributed by atoms with Gasteiger partial charge in [0.05, 0.1) is 6.26 Å². The van der Waals surface area contributed by atoms with E-state index in [4.69, 9.17) is 0 Å². The van der Waals surface area contributed by atoms with Crippen LogP contribution in [0.2, 0.25) is 0 Å². The third-order valence-electron chi connectivity index (χ3n) is 3.18. The van der Waals surface area contributed by atoms with Gasteiger partial charge in [-0.2, -0.15) is 0 Å². The van der Waals surface area contributed by atoms with Gasteiger partial charge in [0.1, 0.15) is 0 Å². The van der Waals surface area contributed by atoms with Gasteiger partial charge < -0.3 is 5.32 Å². The summed E-state index contributed by atoms with van der Waals surface area (Å²) in [5, 5.41) is 3.23. The fourth-order valence-electron chi connectivity index (χ4n) is 1.95. The third-order valence-corrected chi connectivity index (χ3v) is 3.74. The van der Waals surface area contributed by atoms with Crippen LogP contribution in [0.25, 0.3) is 0 Å². The molecule has 0 aromatic heterocycles. The first-order valence-electron chi connectivity index (χ1n) is 5.46. The quantitative estimate of drug-likeness (QED) is 0.742. The van der Waals surface area contributed by atoms with Crippen LogP contribution < -0.4 is 10.0 Å². The fraction of sp³-hybridized carbons (Fsp3) is 0.900. The molecule has 0 radical (unpaired) electrons. The minimum Gasteiger partial charge on any atom is -0.316 e. The predicted octanol–water partition coefficient (Wildman–Crippen LogP) is 0.0880. The smallest absolute Gasteiger partial charge is 0.239 e. The topological polar surface area (TPSA) is 75.3 Å². The van der Waals surface area contributed by atoms with Crippen LogP contribution in [-0.2, 0) is 14.8 Å². The van der Waals surface area contributed by atoms with Gasteiger partial charge in [0.2, 0.25) is 15.9 Å². The Balaban J connectivity index is 2.71. The average Bonchev–Trinajstić information content (AvgIpc) is 2.16. The van der Waals surface area contributed by atoms with Crippen LogP contribution in [0.1, 0.15) is 26.7 Å². The first-order chi connectivity index (χ1) is 7.23. The molecule has 6 heteroatoms. The molecule has 1 aliphatic heterocycles. The van der Waals surface area contributed by atoms with Crippen molar-refractivity contribution >= 4 is 15.9 Å². The second kappa shape index (κ2) is 4.71. The van der Waals surface area contributed by atoms with Crippen LogP contribution in [0.15, 0.2) is 0 Å². The highest BCUT2D eigenvalue weighted by Gasteiger charge is 2.38. The summed E-state index contributed by atoms with van der Waals surface area (Å²) in [5.41, 5.74) is -0.656. The van der Waals surface area contributed by atoms with Crippen molar-refractivity contribution in [3.63, 3.8) is 0 Å². The molecule has 1 rings (SSSR count).